The Morgan fingerprint density at radius 2 is 1.70 bits per heavy atom. The quantitative estimate of drug-likeness (QED) is 0.645. The fourth-order valence-corrected chi connectivity index (χ4v) is 1.06. The third-order valence-electron chi connectivity index (χ3n) is 1.18. The highest BCUT2D eigenvalue weighted by Gasteiger charge is 1.99. The Hall–Kier alpha value is -0.200. The summed E-state index contributed by atoms with van der Waals surface area (Å²) in [6.07, 6.45) is 0.643. The molecule has 2 heteroatoms. The van der Waals surface area contributed by atoms with E-state index in [1.54, 1.807) is 0 Å². The van der Waals surface area contributed by atoms with E-state index in [0.717, 1.165) is 5.56 Å². The summed E-state index contributed by atoms with van der Waals surface area (Å²) < 4.78 is 0. The number of rotatable bonds is 2. The lowest BCUT2D eigenvalue weighted by Crippen LogP contribution is -1.84. The molecule has 0 aliphatic rings. The minimum atomic E-state index is 0.409. The molecule has 0 saturated heterocycles. The minimum absolute atomic E-state index is 0.409. The Kier molecular flexibility index (Phi) is 3.04. The number of halogens is 2. The fraction of sp³-hybridized carbons (Fsp3) is 0.125. The monoisotopic (exact) mass is 173 g/mol. The topological polar surface area (TPSA) is 0 Å². The van der Waals surface area contributed by atoms with Crippen LogP contribution in [0.25, 0.3) is 0 Å². The van der Waals surface area contributed by atoms with Crippen LogP contribution in [-0.2, 0) is 6.42 Å². The molecule has 10 heavy (non-hydrogen) atoms. The van der Waals surface area contributed by atoms with Gasteiger partial charge in [-0.05, 0) is 5.56 Å². The van der Waals surface area contributed by atoms with Crippen molar-refractivity contribution in [2.24, 2.45) is 0 Å². The average Bonchev–Trinajstić information content (AvgIpc) is 1.88. The van der Waals surface area contributed by atoms with Gasteiger partial charge in [-0.2, -0.15) is 0 Å². The van der Waals surface area contributed by atoms with Gasteiger partial charge in [0, 0.05) is 6.42 Å². The fourth-order valence-electron chi connectivity index (χ4n) is 0.750. The summed E-state index contributed by atoms with van der Waals surface area (Å²) >= 11 is 11.0. The van der Waals surface area contributed by atoms with Gasteiger partial charge in [-0.15, -0.1) is 0 Å². The molecule has 53 valence electrons. The van der Waals surface area contributed by atoms with Crippen molar-refractivity contribution in [3.05, 3.63) is 40.7 Å². The molecule has 1 aromatic carbocycles. The van der Waals surface area contributed by atoms with E-state index in [-0.39, 0.29) is 0 Å². The molecule has 0 fully saturated rings. The number of hydrogen-bond donors (Lipinski definition) is 0. The van der Waals surface area contributed by atoms with Gasteiger partial charge < -0.3 is 0 Å². The van der Waals surface area contributed by atoms with Gasteiger partial charge in [0.1, 0.15) is 0 Å². The van der Waals surface area contributed by atoms with Crippen molar-refractivity contribution in [3.63, 3.8) is 0 Å². The summed E-state index contributed by atoms with van der Waals surface area (Å²) in [5.74, 6) is 0. The summed E-state index contributed by atoms with van der Waals surface area (Å²) in [6, 6.07) is 9.87. The van der Waals surface area contributed by atoms with Crippen LogP contribution in [0.4, 0.5) is 0 Å². The van der Waals surface area contributed by atoms with Crippen LogP contribution in [0.3, 0.4) is 0 Å². The predicted octanol–water partition coefficient (Wildman–Crippen LogP) is 3.20. The van der Waals surface area contributed by atoms with Crippen LogP contribution < -0.4 is 0 Å². The summed E-state index contributed by atoms with van der Waals surface area (Å²) in [6.45, 7) is 0. The number of benzene rings is 1. The zero-order chi connectivity index (χ0) is 7.40. The second kappa shape index (κ2) is 3.85. The van der Waals surface area contributed by atoms with Crippen LogP contribution in [0.5, 0.6) is 0 Å². The molecule has 0 N–H and O–H groups in total. The van der Waals surface area contributed by atoms with E-state index in [9.17, 15) is 0 Å². The smallest absolute Gasteiger partial charge is 0.0979 e. The van der Waals surface area contributed by atoms with Crippen molar-refractivity contribution >= 4 is 23.2 Å². The molecule has 0 aliphatic heterocycles. The summed E-state index contributed by atoms with van der Waals surface area (Å²) in [5.41, 5.74) is 1.14. The first kappa shape index (κ1) is 7.90. The Morgan fingerprint density at radius 3 is 2.20 bits per heavy atom. The van der Waals surface area contributed by atoms with Crippen molar-refractivity contribution in [1.29, 1.82) is 0 Å². The Labute approximate surface area is 70.8 Å². The highest BCUT2D eigenvalue weighted by molar-refractivity contribution is 6.52. The van der Waals surface area contributed by atoms with Crippen molar-refractivity contribution in [3.8, 4) is 0 Å². The molecular weight excluding hydrogens is 167 g/mol. The van der Waals surface area contributed by atoms with Crippen molar-refractivity contribution in [2.75, 3.05) is 0 Å². The molecule has 0 heterocycles. The van der Waals surface area contributed by atoms with Gasteiger partial charge in [0.25, 0.3) is 0 Å². The lowest BCUT2D eigenvalue weighted by molar-refractivity contribution is 1.21. The van der Waals surface area contributed by atoms with E-state index in [0.29, 0.717) is 11.3 Å². The highest BCUT2D eigenvalue weighted by Crippen LogP contribution is 2.17. The Balaban J connectivity index is 2.59. The summed E-state index contributed by atoms with van der Waals surface area (Å²) in [4.78, 5) is 0.409. The standard InChI is InChI=1S/C8H7Cl2/c9-8(10)6-7-4-2-1-3-5-7/h1-5H,6H2. The van der Waals surface area contributed by atoms with E-state index in [1.807, 2.05) is 30.3 Å². The summed E-state index contributed by atoms with van der Waals surface area (Å²) in [7, 11) is 0. The van der Waals surface area contributed by atoms with Gasteiger partial charge in [-0.1, -0.05) is 53.5 Å². The van der Waals surface area contributed by atoms with Crippen LogP contribution in [0.1, 0.15) is 5.56 Å². The minimum Gasteiger partial charge on any atom is -0.0979 e. The number of hydrogen-bond acceptors (Lipinski definition) is 0. The first-order valence-electron chi connectivity index (χ1n) is 3.00. The highest BCUT2D eigenvalue weighted by atomic mass is 35.5. The maximum absolute atomic E-state index is 5.49. The van der Waals surface area contributed by atoms with E-state index in [2.05, 4.69) is 0 Å². The average molecular weight is 174 g/mol. The van der Waals surface area contributed by atoms with Crippen molar-refractivity contribution in [2.45, 2.75) is 6.42 Å². The van der Waals surface area contributed by atoms with Crippen LogP contribution in [0.15, 0.2) is 30.3 Å². The maximum atomic E-state index is 5.49. The van der Waals surface area contributed by atoms with Crippen molar-refractivity contribution < 1.29 is 0 Å². The molecule has 1 aromatic rings. The molecule has 1 radical (unpaired) electrons. The lowest BCUT2D eigenvalue weighted by Gasteiger charge is -1.97. The molecule has 0 aliphatic carbocycles. The molecule has 0 amide bonds. The predicted molar refractivity (Wildman–Crippen MR) is 45.1 cm³/mol. The molecular formula is C8H7Cl2. The molecule has 0 spiro atoms. The maximum Gasteiger partial charge on any atom is 0.155 e. The van der Waals surface area contributed by atoms with E-state index in [4.69, 9.17) is 23.2 Å². The third kappa shape index (κ3) is 2.59. The molecule has 0 atom stereocenters. The van der Waals surface area contributed by atoms with E-state index in [1.165, 1.54) is 0 Å². The first-order valence-corrected chi connectivity index (χ1v) is 3.75. The van der Waals surface area contributed by atoms with Gasteiger partial charge >= 0.3 is 0 Å². The second-order valence-corrected chi connectivity index (χ2v) is 3.11. The molecule has 0 unspecified atom stereocenters. The van der Waals surface area contributed by atoms with Crippen molar-refractivity contribution in [1.82, 2.24) is 0 Å². The molecule has 0 aromatic heterocycles. The van der Waals surface area contributed by atoms with Crippen LogP contribution in [0, 0.1) is 4.84 Å². The largest absolute Gasteiger partial charge is 0.155 e. The summed E-state index contributed by atoms with van der Waals surface area (Å²) in [5, 5.41) is 0. The molecule has 0 bridgehead atoms. The zero-order valence-electron chi connectivity index (χ0n) is 5.35. The lowest BCUT2D eigenvalue weighted by atomic mass is 10.2. The molecule has 0 saturated carbocycles. The van der Waals surface area contributed by atoms with Crippen LogP contribution in [-0.4, -0.2) is 0 Å². The van der Waals surface area contributed by atoms with Gasteiger partial charge in [0.15, 0.2) is 4.84 Å². The Morgan fingerprint density at radius 1 is 1.10 bits per heavy atom. The van der Waals surface area contributed by atoms with Gasteiger partial charge in [-0.3, -0.25) is 0 Å². The van der Waals surface area contributed by atoms with E-state index < -0.39 is 0 Å². The Bertz CT molecular complexity index is 182. The van der Waals surface area contributed by atoms with Crippen LogP contribution in [0.2, 0.25) is 0 Å². The molecule has 0 nitrogen and oxygen atoms in total. The molecule has 1 rings (SSSR count). The van der Waals surface area contributed by atoms with E-state index >= 15 is 0 Å². The van der Waals surface area contributed by atoms with Crippen LogP contribution >= 0.6 is 23.2 Å². The third-order valence-corrected chi connectivity index (χ3v) is 1.45. The van der Waals surface area contributed by atoms with Gasteiger partial charge in [-0.25, -0.2) is 0 Å². The SMILES string of the molecule is Cl[C](Cl)Cc1ccccc1. The zero-order valence-corrected chi connectivity index (χ0v) is 6.86. The second-order valence-electron chi connectivity index (χ2n) is 2.00. The first-order chi connectivity index (χ1) is 4.79. The normalized spacial score (nSPS) is 10.3. The van der Waals surface area contributed by atoms with Gasteiger partial charge in [0.2, 0.25) is 0 Å². The van der Waals surface area contributed by atoms with Gasteiger partial charge in [0.05, 0.1) is 0 Å².